The molecule has 0 atom stereocenters. The van der Waals surface area contributed by atoms with E-state index in [2.05, 4.69) is 47.3 Å². The van der Waals surface area contributed by atoms with Crippen molar-refractivity contribution in [2.45, 2.75) is 52.2 Å². The fourth-order valence-corrected chi connectivity index (χ4v) is 5.10. The predicted octanol–water partition coefficient (Wildman–Crippen LogP) is 4.66. The normalized spacial score (nSPS) is 14.3. The zero-order chi connectivity index (χ0) is 23.4. The van der Waals surface area contributed by atoms with E-state index in [0.29, 0.717) is 19.5 Å². The highest BCUT2D eigenvalue weighted by molar-refractivity contribution is 6.06. The van der Waals surface area contributed by atoms with Crippen LogP contribution in [0.2, 0.25) is 0 Å². The molecule has 5 aromatic rings. The molecule has 0 N–H and O–H groups in total. The molecule has 4 heterocycles. The van der Waals surface area contributed by atoms with Crippen molar-refractivity contribution in [2.24, 2.45) is 0 Å². The Kier molecular flexibility index (Phi) is 4.69. The van der Waals surface area contributed by atoms with Gasteiger partial charge in [-0.1, -0.05) is 30.3 Å². The standard InChI is InChI=1S/C27H28N6O/c1-27(2,3)33-22-12-14-31(17-18(22)16-28-33)24(34)13-15-32-23-11-7-4-8-19(23)25-26(32)30-21-10-6-5-9-20(21)29-25/h4-11,16H,12-15,17H2,1-3H3. The number of aromatic nitrogens is 5. The maximum absolute atomic E-state index is 13.2. The van der Waals surface area contributed by atoms with Gasteiger partial charge in [-0.2, -0.15) is 5.10 Å². The smallest absolute Gasteiger partial charge is 0.224 e. The Morgan fingerprint density at radius 1 is 1.00 bits per heavy atom. The lowest BCUT2D eigenvalue weighted by Crippen LogP contribution is -2.38. The van der Waals surface area contributed by atoms with Crippen LogP contribution in [0.5, 0.6) is 0 Å². The largest absolute Gasteiger partial charge is 0.338 e. The number of aryl methyl sites for hydroxylation is 1. The Hall–Kier alpha value is -3.74. The van der Waals surface area contributed by atoms with Crippen LogP contribution in [-0.4, -0.2) is 41.7 Å². The Bertz CT molecular complexity index is 1550. The Morgan fingerprint density at radius 3 is 2.53 bits per heavy atom. The summed E-state index contributed by atoms with van der Waals surface area (Å²) in [5.74, 6) is 0.161. The van der Waals surface area contributed by atoms with Gasteiger partial charge in [-0.25, -0.2) is 9.97 Å². The van der Waals surface area contributed by atoms with E-state index in [4.69, 9.17) is 9.97 Å². The summed E-state index contributed by atoms with van der Waals surface area (Å²) in [5, 5.41) is 5.67. The van der Waals surface area contributed by atoms with E-state index in [-0.39, 0.29) is 11.4 Å². The van der Waals surface area contributed by atoms with Gasteiger partial charge >= 0.3 is 0 Å². The molecule has 0 radical (unpaired) electrons. The Balaban J connectivity index is 1.28. The Morgan fingerprint density at radius 2 is 1.74 bits per heavy atom. The van der Waals surface area contributed by atoms with E-state index in [0.717, 1.165) is 51.6 Å². The highest BCUT2D eigenvalue weighted by Crippen LogP contribution is 2.29. The topological polar surface area (TPSA) is 68.8 Å². The van der Waals surface area contributed by atoms with Crippen molar-refractivity contribution in [1.29, 1.82) is 0 Å². The molecule has 7 heteroatoms. The second-order valence-electron chi connectivity index (χ2n) is 10.1. The first-order valence-electron chi connectivity index (χ1n) is 11.9. The lowest BCUT2D eigenvalue weighted by molar-refractivity contribution is -0.132. The molecule has 0 fully saturated rings. The van der Waals surface area contributed by atoms with E-state index in [1.165, 1.54) is 5.69 Å². The zero-order valence-corrected chi connectivity index (χ0v) is 19.8. The first kappa shape index (κ1) is 20.8. The number of rotatable bonds is 3. The maximum atomic E-state index is 13.2. The molecule has 0 unspecified atom stereocenters. The third-order valence-corrected chi connectivity index (χ3v) is 6.73. The second kappa shape index (κ2) is 7.65. The molecule has 3 aromatic heterocycles. The van der Waals surface area contributed by atoms with Crippen molar-refractivity contribution in [2.75, 3.05) is 6.54 Å². The number of fused-ring (bicyclic) bond motifs is 5. The number of carbonyl (C=O) groups excluding carboxylic acids is 1. The van der Waals surface area contributed by atoms with Crippen LogP contribution in [0.3, 0.4) is 0 Å². The molecule has 1 amide bonds. The maximum Gasteiger partial charge on any atom is 0.224 e. The van der Waals surface area contributed by atoms with Gasteiger partial charge in [0.25, 0.3) is 0 Å². The van der Waals surface area contributed by atoms with Crippen molar-refractivity contribution in [3.05, 3.63) is 66.0 Å². The van der Waals surface area contributed by atoms with Crippen LogP contribution in [0.25, 0.3) is 33.1 Å². The van der Waals surface area contributed by atoms with Gasteiger partial charge in [-0.05, 0) is 39.0 Å². The van der Waals surface area contributed by atoms with Gasteiger partial charge in [-0.15, -0.1) is 0 Å². The van der Waals surface area contributed by atoms with Gasteiger partial charge in [0.1, 0.15) is 5.52 Å². The number of benzene rings is 2. The summed E-state index contributed by atoms with van der Waals surface area (Å²) in [5.41, 5.74) is 6.89. The number of hydrogen-bond donors (Lipinski definition) is 0. The molecule has 0 saturated carbocycles. The summed E-state index contributed by atoms with van der Waals surface area (Å²) in [6.45, 7) is 8.41. The summed E-state index contributed by atoms with van der Waals surface area (Å²) in [7, 11) is 0. The van der Waals surface area contributed by atoms with E-state index >= 15 is 0 Å². The van der Waals surface area contributed by atoms with Crippen LogP contribution in [0.4, 0.5) is 0 Å². The fraction of sp³-hybridized carbons (Fsp3) is 0.333. The number of carbonyl (C=O) groups is 1. The van der Waals surface area contributed by atoms with Crippen molar-refractivity contribution < 1.29 is 4.79 Å². The lowest BCUT2D eigenvalue weighted by Gasteiger charge is -2.30. The van der Waals surface area contributed by atoms with Gasteiger partial charge in [0.05, 0.1) is 28.3 Å². The summed E-state index contributed by atoms with van der Waals surface area (Å²) >= 11 is 0. The highest BCUT2D eigenvalue weighted by atomic mass is 16.2. The summed E-state index contributed by atoms with van der Waals surface area (Å²) in [6.07, 6.45) is 3.18. The van der Waals surface area contributed by atoms with Gasteiger partial charge in [0.15, 0.2) is 5.65 Å². The average Bonchev–Trinajstić information content (AvgIpc) is 3.40. The van der Waals surface area contributed by atoms with Crippen molar-refractivity contribution in [3.8, 4) is 0 Å². The minimum atomic E-state index is -0.0541. The quantitative estimate of drug-likeness (QED) is 0.399. The number of hydrogen-bond acceptors (Lipinski definition) is 4. The summed E-state index contributed by atoms with van der Waals surface area (Å²) < 4.78 is 4.25. The molecule has 6 rings (SSSR count). The van der Waals surface area contributed by atoms with Crippen LogP contribution in [0.1, 0.15) is 38.4 Å². The molecular weight excluding hydrogens is 424 g/mol. The van der Waals surface area contributed by atoms with Gasteiger partial charge in [0.2, 0.25) is 5.91 Å². The fourth-order valence-electron chi connectivity index (χ4n) is 5.10. The lowest BCUT2D eigenvalue weighted by atomic mass is 10.0. The number of para-hydroxylation sites is 3. The van der Waals surface area contributed by atoms with E-state index in [9.17, 15) is 4.79 Å². The average molecular weight is 453 g/mol. The molecule has 1 aliphatic rings. The van der Waals surface area contributed by atoms with Crippen LogP contribution in [0.15, 0.2) is 54.7 Å². The molecule has 0 saturated heterocycles. The molecule has 1 aliphatic heterocycles. The molecule has 0 aliphatic carbocycles. The van der Waals surface area contributed by atoms with E-state index in [1.54, 1.807) is 0 Å². The van der Waals surface area contributed by atoms with Crippen LogP contribution < -0.4 is 0 Å². The summed E-state index contributed by atoms with van der Waals surface area (Å²) in [4.78, 5) is 25.0. The molecule has 0 bridgehead atoms. The van der Waals surface area contributed by atoms with E-state index in [1.807, 2.05) is 47.5 Å². The van der Waals surface area contributed by atoms with Crippen LogP contribution in [-0.2, 0) is 29.8 Å². The molecule has 2 aromatic carbocycles. The third-order valence-electron chi connectivity index (χ3n) is 6.73. The molecular formula is C27H28N6O. The predicted molar refractivity (Wildman–Crippen MR) is 134 cm³/mol. The molecule has 0 spiro atoms. The van der Waals surface area contributed by atoms with Crippen LogP contribution >= 0.6 is 0 Å². The van der Waals surface area contributed by atoms with Crippen molar-refractivity contribution >= 4 is 39.0 Å². The summed E-state index contributed by atoms with van der Waals surface area (Å²) in [6, 6.07) is 16.2. The minimum absolute atomic E-state index is 0.0541. The number of amides is 1. The first-order valence-corrected chi connectivity index (χ1v) is 11.9. The first-order chi connectivity index (χ1) is 16.4. The molecule has 172 valence electrons. The monoisotopic (exact) mass is 452 g/mol. The third kappa shape index (κ3) is 3.34. The Labute approximate surface area is 198 Å². The van der Waals surface area contributed by atoms with Crippen LogP contribution in [0, 0.1) is 0 Å². The molecule has 34 heavy (non-hydrogen) atoms. The van der Waals surface area contributed by atoms with Gasteiger partial charge in [0, 0.05) is 49.1 Å². The SMILES string of the molecule is CC(C)(C)n1ncc2c1CCN(C(=O)CCn1c3ccccc3c3nc4ccccc4nc31)C2. The number of nitrogens with zero attached hydrogens (tertiary/aromatic N) is 6. The highest BCUT2D eigenvalue weighted by Gasteiger charge is 2.27. The van der Waals surface area contributed by atoms with Crippen molar-refractivity contribution in [3.63, 3.8) is 0 Å². The van der Waals surface area contributed by atoms with Crippen molar-refractivity contribution in [1.82, 2.24) is 29.2 Å². The zero-order valence-electron chi connectivity index (χ0n) is 19.8. The van der Waals surface area contributed by atoms with Gasteiger partial charge < -0.3 is 9.47 Å². The van der Waals surface area contributed by atoms with E-state index < -0.39 is 0 Å². The second-order valence-corrected chi connectivity index (χ2v) is 10.1. The van der Waals surface area contributed by atoms with Gasteiger partial charge in [-0.3, -0.25) is 9.48 Å². The minimum Gasteiger partial charge on any atom is -0.338 e. The molecule has 7 nitrogen and oxygen atoms in total.